The van der Waals surface area contributed by atoms with E-state index < -0.39 is 10.8 Å². The van der Waals surface area contributed by atoms with Gasteiger partial charge in [-0.3, -0.25) is 10.2 Å². The first-order valence-electron chi connectivity index (χ1n) is 9.06. The third-order valence-corrected chi connectivity index (χ3v) is 5.55. The number of rotatable bonds is 6. The lowest BCUT2D eigenvalue weighted by atomic mass is 10.3. The first-order valence-corrected chi connectivity index (χ1v) is 10.2. The highest BCUT2D eigenvalue weighted by Crippen LogP contribution is 2.31. The highest BCUT2D eigenvalue weighted by molar-refractivity contribution is 7.85. The molecule has 0 aliphatic heterocycles. The second kappa shape index (κ2) is 8.65. The van der Waals surface area contributed by atoms with Crippen LogP contribution in [0, 0.1) is 0 Å². The number of azo groups is 2. The molecule has 0 radical (unpaired) electrons. The molecule has 2 heterocycles. The standard InChI is InChI=1S/C18H18N12OS/c19-15-13(16(20)28-27-15)25-23-9-3-1-5-11(7-9)32(31)12-6-2-4-10(8-12)24-26-14-17(21)29-30-18(14)22/h1-8H,(H5,19,20,27,28)(H5,21,22,29,30). The molecule has 2 aromatic carbocycles. The molecule has 0 bridgehead atoms. The Morgan fingerprint density at radius 2 is 1.12 bits per heavy atom. The second-order valence-corrected chi connectivity index (χ2v) is 7.89. The maximum Gasteiger partial charge on any atom is 0.175 e. The minimum atomic E-state index is -1.50. The van der Waals surface area contributed by atoms with Gasteiger partial charge in [0.05, 0.1) is 22.2 Å². The molecular formula is C18H18N12OS. The number of aromatic nitrogens is 4. The molecule has 10 N–H and O–H groups in total. The van der Waals surface area contributed by atoms with Crippen molar-refractivity contribution in [1.82, 2.24) is 20.4 Å². The van der Waals surface area contributed by atoms with Crippen molar-refractivity contribution in [3.63, 3.8) is 0 Å². The Bertz CT molecular complexity index is 1220. The van der Waals surface area contributed by atoms with Crippen LogP contribution in [0.15, 0.2) is 78.8 Å². The lowest BCUT2D eigenvalue weighted by molar-refractivity contribution is 0.683. The zero-order valence-corrected chi connectivity index (χ0v) is 17.2. The largest absolute Gasteiger partial charge is 0.382 e. The van der Waals surface area contributed by atoms with Gasteiger partial charge in [0.15, 0.2) is 23.0 Å². The number of hydrogen-bond acceptors (Lipinski definition) is 11. The van der Waals surface area contributed by atoms with Gasteiger partial charge in [0.1, 0.15) is 11.6 Å². The summed E-state index contributed by atoms with van der Waals surface area (Å²) in [6, 6.07) is 13.6. The van der Waals surface area contributed by atoms with Crippen molar-refractivity contribution in [1.29, 1.82) is 0 Å². The smallest absolute Gasteiger partial charge is 0.175 e. The average Bonchev–Trinajstić information content (AvgIpc) is 3.30. The van der Waals surface area contributed by atoms with Crippen molar-refractivity contribution in [3.05, 3.63) is 48.5 Å². The molecule has 0 aliphatic carbocycles. The van der Waals surface area contributed by atoms with Crippen LogP contribution < -0.4 is 22.9 Å². The molecule has 4 rings (SSSR count). The molecule has 0 aliphatic rings. The molecule has 0 unspecified atom stereocenters. The van der Waals surface area contributed by atoms with Gasteiger partial charge < -0.3 is 22.9 Å². The summed E-state index contributed by atoms with van der Waals surface area (Å²) in [6.07, 6.45) is 0. The molecule has 162 valence electrons. The predicted octanol–water partition coefficient (Wildman–Crippen LogP) is 3.46. The summed E-state index contributed by atoms with van der Waals surface area (Å²) in [6.45, 7) is 0. The van der Waals surface area contributed by atoms with Gasteiger partial charge in [0, 0.05) is 9.79 Å². The Labute approximate surface area is 183 Å². The van der Waals surface area contributed by atoms with E-state index in [2.05, 4.69) is 40.9 Å². The number of nitrogens with zero attached hydrogens (tertiary/aromatic N) is 6. The molecule has 0 atom stereocenters. The number of nitrogens with two attached hydrogens (primary N) is 4. The van der Waals surface area contributed by atoms with E-state index in [1.54, 1.807) is 48.5 Å². The van der Waals surface area contributed by atoms with Crippen LogP contribution in [-0.2, 0) is 10.8 Å². The topological polar surface area (TPSA) is 228 Å². The van der Waals surface area contributed by atoms with E-state index in [0.717, 1.165) is 0 Å². The lowest BCUT2D eigenvalue weighted by Crippen LogP contribution is -1.92. The Balaban J connectivity index is 1.56. The lowest BCUT2D eigenvalue weighted by Gasteiger charge is -2.04. The third-order valence-electron chi connectivity index (χ3n) is 4.18. The van der Waals surface area contributed by atoms with Gasteiger partial charge in [-0.1, -0.05) is 12.1 Å². The Hall–Kier alpha value is -4.59. The van der Waals surface area contributed by atoms with E-state index in [0.29, 0.717) is 21.2 Å². The summed E-state index contributed by atoms with van der Waals surface area (Å²) in [5.74, 6) is 0.679. The van der Waals surface area contributed by atoms with Crippen LogP contribution in [0.1, 0.15) is 0 Å². The van der Waals surface area contributed by atoms with Crippen LogP contribution in [-0.4, -0.2) is 24.6 Å². The molecule has 4 aromatic rings. The Kier molecular flexibility index (Phi) is 5.59. The Morgan fingerprint density at radius 3 is 1.50 bits per heavy atom. The van der Waals surface area contributed by atoms with Gasteiger partial charge in [-0.05, 0) is 36.4 Å². The van der Waals surface area contributed by atoms with Crippen LogP contribution in [0.5, 0.6) is 0 Å². The van der Waals surface area contributed by atoms with E-state index in [-0.39, 0.29) is 34.6 Å². The van der Waals surface area contributed by atoms with E-state index >= 15 is 0 Å². The van der Waals surface area contributed by atoms with Gasteiger partial charge in [-0.2, -0.15) is 20.4 Å². The molecule has 0 saturated carbocycles. The molecule has 32 heavy (non-hydrogen) atoms. The number of hydrogen-bond donors (Lipinski definition) is 6. The molecular weight excluding hydrogens is 432 g/mol. The first kappa shape index (κ1) is 20.7. The average molecular weight is 450 g/mol. The van der Waals surface area contributed by atoms with Crippen LogP contribution in [0.3, 0.4) is 0 Å². The molecule has 0 saturated heterocycles. The molecule has 0 amide bonds. The number of anilines is 4. The summed E-state index contributed by atoms with van der Waals surface area (Å²) in [5.41, 5.74) is 24.2. The zero-order chi connectivity index (χ0) is 22.7. The van der Waals surface area contributed by atoms with Gasteiger partial charge >= 0.3 is 0 Å². The number of H-pyrrole nitrogens is 2. The molecule has 0 spiro atoms. The number of benzene rings is 2. The minimum absolute atomic E-state index is 0.135. The van der Waals surface area contributed by atoms with Crippen LogP contribution in [0.4, 0.5) is 46.0 Å². The van der Waals surface area contributed by atoms with Crippen molar-refractivity contribution < 1.29 is 4.21 Å². The first-order chi connectivity index (χ1) is 15.4. The molecule has 0 fully saturated rings. The van der Waals surface area contributed by atoms with E-state index in [1.807, 2.05) is 0 Å². The molecule has 2 aromatic heterocycles. The van der Waals surface area contributed by atoms with Gasteiger partial charge in [0.2, 0.25) is 0 Å². The monoisotopic (exact) mass is 450 g/mol. The maximum absolute atomic E-state index is 13.1. The summed E-state index contributed by atoms with van der Waals surface area (Å²) >= 11 is 0. The molecule has 13 nitrogen and oxygen atoms in total. The summed E-state index contributed by atoms with van der Waals surface area (Å²) in [7, 11) is -1.50. The summed E-state index contributed by atoms with van der Waals surface area (Å²) in [4.78, 5) is 1.04. The Morgan fingerprint density at radius 1 is 0.688 bits per heavy atom. The van der Waals surface area contributed by atoms with E-state index in [1.165, 1.54) is 0 Å². The predicted molar refractivity (Wildman–Crippen MR) is 121 cm³/mol. The van der Waals surface area contributed by atoms with Gasteiger partial charge in [-0.25, -0.2) is 4.21 Å². The highest BCUT2D eigenvalue weighted by Gasteiger charge is 2.11. The van der Waals surface area contributed by atoms with Crippen LogP contribution in [0.2, 0.25) is 0 Å². The second-order valence-electron chi connectivity index (χ2n) is 6.41. The third kappa shape index (κ3) is 4.29. The van der Waals surface area contributed by atoms with Crippen molar-refractivity contribution in [2.45, 2.75) is 9.79 Å². The van der Waals surface area contributed by atoms with Crippen LogP contribution >= 0.6 is 0 Å². The van der Waals surface area contributed by atoms with E-state index in [4.69, 9.17) is 22.9 Å². The summed E-state index contributed by atoms with van der Waals surface area (Å²) in [5, 5.41) is 28.8. The van der Waals surface area contributed by atoms with Gasteiger partial charge in [-0.15, -0.1) is 10.2 Å². The SMILES string of the molecule is Nc1n[nH]c(N)c1N=Nc1cccc(S(=O)c2cccc(N=Nc3c(N)n[nH]c3N)c2)c1. The number of aromatic amines is 2. The fourth-order valence-electron chi connectivity index (χ4n) is 2.61. The van der Waals surface area contributed by atoms with E-state index in [9.17, 15) is 4.21 Å². The van der Waals surface area contributed by atoms with Crippen molar-refractivity contribution in [3.8, 4) is 0 Å². The highest BCUT2D eigenvalue weighted by atomic mass is 32.2. The van der Waals surface area contributed by atoms with Crippen LogP contribution in [0.25, 0.3) is 0 Å². The fourth-order valence-corrected chi connectivity index (χ4v) is 3.74. The normalized spacial score (nSPS) is 12.6. The quantitative estimate of drug-likeness (QED) is 0.239. The number of nitrogen functional groups attached to an aromatic ring is 4. The van der Waals surface area contributed by atoms with Crippen molar-refractivity contribution in [2.24, 2.45) is 20.5 Å². The van der Waals surface area contributed by atoms with Crippen molar-refractivity contribution in [2.75, 3.05) is 22.9 Å². The number of nitrogens with one attached hydrogen (secondary N) is 2. The molecule has 14 heteroatoms. The zero-order valence-electron chi connectivity index (χ0n) is 16.4. The summed E-state index contributed by atoms with van der Waals surface area (Å²) < 4.78 is 13.1. The van der Waals surface area contributed by atoms with Crippen molar-refractivity contribution >= 4 is 56.8 Å². The fraction of sp³-hybridized carbons (Fsp3) is 0. The maximum atomic E-state index is 13.1. The minimum Gasteiger partial charge on any atom is -0.382 e. The van der Waals surface area contributed by atoms with Gasteiger partial charge in [0.25, 0.3) is 0 Å².